The van der Waals surface area contributed by atoms with Gasteiger partial charge in [-0.1, -0.05) is 0 Å². The van der Waals surface area contributed by atoms with Crippen LogP contribution < -0.4 is 5.32 Å². The predicted octanol–water partition coefficient (Wildman–Crippen LogP) is 2.06. The van der Waals surface area contributed by atoms with E-state index in [4.69, 9.17) is 0 Å². The summed E-state index contributed by atoms with van der Waals surface area (Å²) in [5.41, 5.74) is 2.76. The van der Waals surface area contributed by atoms with Crippen LogP contribution in [0.4, 0.5) is 5.69 Å². The molecular weight excluding hydrogens is 214 g/mol. The molecule has 17 heavy (non-hydrogen) atoms. The van der Waals surface area contributed by atoms with E-state index in [1.807, 2.05) is 46.0 Å². The number of anilines is 1. The second-order valence-electron chi connectivity index (χ2n) is 5.09. The van der Waals surface area contributed by atoms with Gasteiger partial charge in [-0.25, -0.2) is 4.98 Å². The number of fused-ring (bicyclic) bond motifs is 1. The summed E-state index contributed by atoms with van der Waals surface area (Å²) < 4.78 is 2.07. The molecule has 2 N–H and O–H groups in total. The molecule has 0 saturated heterocycles. The summed E-state index contributed by atoms with van der Waals surface area (Å²) >= 11 is 0. The molecule has 1 aromatic carbocycles. The lowest BCUT2D eigenvalue weighted by molar-refractivity contribution is 0.234. The Morgan fingerprint density at radius 2 is 2.12 bits per heavy atom. The monoisotopic (exact) mass is 233 g/mol. The summed E-state index contributed by atoms with van der Waals surface area (Å²) in [5, 5.41) is 12.5. The first-order valence-corrected chi connectivity index (χ1v) is 5.75. The molecule has 1 heterocycles. The number of imidazole rings is 1. The van der Waals surface area contributed by atoms with E-state index in [0.29, 0.717) is 0 Å². The fourth-order valence-electron chi connectivity index (χ4n) is 1.83. The lowest BCUT2D eigenvalue weighted by Gasteiger charge is -2.24. The van der Waals surface area contributed by atoms with Gasteiger partial charge in [0.1, 0.15) is 5.82 Å². The Balaban J connectivity index is 2.39. The zero-order valence-corrected chi connectivity index (χ0v) is 10.8. The van der Waals surface area contributed by atoms with Crippen molar-refractivity contribution in [3.8, 4) is 0 Å². The van der Waals surface area contributed by atoms with Crippen LogP contribution in [0.3, 0.4) is 0 Å². The van der Waals surface area contributed by atoms with Gasteiger partial charge >= 0.3 is 0 Å². The predicted molar refractivity (Wildman–Crippen MR) is 70.2 cm³/mol. The van der Waals surface area contributed by atoms with Crippen molar-refractivity contribution < 1.29 is 5.11 Å². The van der Waals surface area contributed by atoms with Gasteiger partial charge in [-0.2, -0.15) is 0 Å². The maximum absolute atomic E-state index is 9.23. The van der Waals surface area contributed by atoms with Crippen LogP contribution in [0.2, 0.25) is 0 Å². The summed E-state index contributed by atoms with van der Waals surface area (Å²) in [6.45, 7) is 6.00. The van der Waals surface area contributed by atoms with Gasteiger partial charge in [-0.3, -0.25) is 0 Å². The van der Waals surface area contributed by atoms with Crippen LogP contribution in [-0.2, 0) is 7.05 Å². The standard InChI is InChI=1S/C13H19N3O/c1-9-14-11-7-10(15-13(2,3)8-17)5-6-12(11)16(9)4/h5-7,15,17H,8H2,1-4H3. The average Bonchev–Trinajstić information content (AvgIpc) is 2.54. The molecule has 0 aliphatic carbocycles. The molecular formula is C13H19N3O. The zero-order chi connectivity index (χ0) is 12.6. The second kappa shape index (κ2) is 4.04. The van der Waals surface area contributed by atoms with Crippen molar-refractivity contribution in [2.24, 2.45) is 7.05 Å². The Bertz CT molecular complexity index is 543. The lowest BCUT2D eigenvalue weighted by Crippen LogP contribution is -2.34. The minimum atomic E-state index is -0.322. The molecule has 0 aliphatic rings. The number of nitrogens with zero attached hydrogens (tertiary/aromatic N) is 2. The molecule has 0 amide bonds. The smallest absolute Gasteiger partial charge is 0.106 e. The van der Waals surface area contributed by atoms with Crippen molar-refractivity contribution in [2.75, 3.05) is 11.9 Å². The molecule has 4 heteroatoms. The molecule has 2 aromatic rings. The fourth-order valence-corrected chi connectivity index (χ4v) is 1.83. The minimum Gasteiger partial charge on any atom is -0.394 e. The third-order valence-electron chi connectivity index (χ3n) is 2.98. The Morgan fingerprint density at radius 3 is 2.76 bits per heavy atom. The van der Waals surface area contributed by atoms with E-state index in [0.717, 1.165) is 22.5 Å². The van der Waals surface area contributed by atoms with Crippen molar-refractivity contribution in [3.63, 3.8) is 0 Å². The van der Waals surface area contributed by atoms with Crippen molar-refractivity contribution >= 4 is 16.7 Å². The Morgan fingerprint density at radius 1 is 1.41 bits per heavy atom. The number of hydrogen-bond donors (Lipinski definition) is 2. The van der Waals surface area contributed by atoms with Gasteiger partial charge in [0.25, 0.3) is 0 Å². The quantitative estimate of drug-likeness (QED) is 0.853. The Labute approximate surface area is 101 Å². The third-order valence-corrected chi connectivity index (χ3v) is 2.98. The van der Waals surface area contributed by atoms with Crippen LogP contribution in [0.1, 0.15) is 19.7 Å². The second-order valence-corrected chi connectivity index (χ2v) is 5.09. The molecule has 0 atom stereocenters. The largest absolute Gasteiger partial charge is 0.394 e. The summed E-state index contributed by atoms with van der Waals surface area (Å²) in [4.78, 5) is 4.49. The van der Waals surface area contributed by atoms with E-state index < -0.39 is 0 Å². The molecule has 0 bridgehead atoms. The number of aliphatic hydroxyl groups excluding tert-OH is 1. The maximum Gasteiger partial charge on any atom is 0.106 e. The van der Waals surface area contributed by atoms with Gasteiger partial charge in [0.15, 0.2) is 0 Å². The van der Waals surface area contributed by atoms with Crippen molar-refractivity contribution in [2.45, 2.75) is 26.3 Å². The first-order valence-electron chi connectivity index (χ1n) is 5.75. The van der Waals surface area contributed by atoms with Crippen molar-refractivity contribution in [3.05, 3.63) is 24.0 Å². The van der Waals surface area contributed by atoms with Gasteiger partial charge in [-0.05, 0) is 39.0 Å². The number of rotatable bonds is 3. The van der Waals surface area contributed by atoms with Crippen LogP contribution >= 0.6 is 0 Å². The normalized spacial score (nSPS) is 12.1. The minimum absolute atomic E-state index is 0.0896. The molecule has 0 saturated carbocycles. The van der Waals surface area contributed by atoms with Crippen molar-refractivity contribution in [1.29, 1.82) is 0 Å². The SMILES string of the molecule is Cc1nc2cc(NC(C)(C)CO)ccc2n1C. The van der Waals surface area contributed by atoms with Gasteiger partial charge in [0.05, 0.1) is 23.2 Å². The highest BCUT2D eigenvalue weighted by Gasteiger charge is 2.16. The summed E-state index contributed by atoms with van der Waals surface area (Å²) in [6, 6.07) is 6.08. The first-order chi connectivity index (χ1) is 7.93. The van der Waals surface area contributed by atoms with E-state index in [9.17, 15) is 5.11 Å². The van der Waals surface area contributed by atoms with Crippen molar-refractivity contribution in [1.82, 2.24) is 9.55 Å². The number of hydrogen-bond acceptors (Lipinski definition) is 3. The average molecular weight is 233 g/mol. The maximum atomic E-state index is 9.23. The molecule has 1 aromatic heterocycles. The molecule has 0 unspecified atom stereocenters. The van der Waals surface area contributed by atoms with Crippen LogP contribution in [0.5, 0.6) is 0 Å². The molecule has 0 radical (unpaired) electrons. The molecule has 4 nitrogen and oxygen atoms in total. The van der Waals surface area contributed by atoms with Gasteiger partial charge in [0, 0.05) is 12.7 Å². The topological polar surface area (TPSA) is 50.1 Å². The van der Waals surface area contributed by atoms with Gasteiger partial charge in [0.2, 0.25) is 0 Å². The van der Waals surface area contributed by atoms with Crippen LogP contribution in [0, 0.1) is 6.92 Å². The highest BCUT2D eigenvalue weighted by atomic mass is 16.3. The Hall–Kier alpha value is -1.55. The summed E-state index contributed by atoms with van der Waals surface area (Å²) in [6.07, 6.45) is 0. The number of nitrogens with one attached hydrogen (secondary N) is 1. The highest BCUT2D eigenvalue weighted by molar-refractivity contribution is 5.80. The third kappa shape index (κ3) is 2.26. The van der Waals surface area contributed by atoms with E-state index in [2.05, 4.69) is 14.9 Å². The Kier molecular flexibility index (Phi) is 2.83. The molecule has 0 fully saturated rings. The molecule has 2 rings (SSSR count). The lowest BCUT2D eigenvalue weighted by atomic mass is 10.1. The summed E-state index contributed by atoms with van der Waals surface area (Å²) in [7, 11) is 2.01. The molecule has 92 valence electrons. The van der Waals surface area contributed by atoms with Gasteiger partial charge < -0.3 is 15.0 Å². The molecule has 0 aliphatic heterocycles. The fraction of sp³-hybridized carbons (Fsp3) is 0.462. The number of aryl methyl sites for hydroxylation is 2. The first kappa shape index (κ1) is 11.9. The van der Waals surface area contributed by atoms with Gasteiger partial charge in [-0.15, -0.1) is 0 Å². The van der Waals surface area contributed by atoms with E-state index in [-0.39, 0.29) is 12.1 Å². The van der Waals surface area contributed by atoms with Crippen LogP contribution in [0.25, 0.3) is 11.0 Å². The van der Waals surface area contributed by atoms with E-state index in [1.165, 1.54) is 0 Å². The number of benzene rings is 1. The zero-order valence-electron chi connectivity index (χ0n) is 10.8. The van der Waals surface area contributed by atoms with E-state index in [1.54, 1.807) is 0 Å². The number of aliphatic hydroxyl groups is 1. The highest BCUT2D eigenvalue weighted by Crippen LogP contribution is 2.21. The van der Waals surface area contributed by atoms with E-state index >= 15 is 0 Å². The molecule has 0 spiro atoms. The van der Waals surface area contributed by atoms with Crippen LogP contribution in [0.15, 0.2) is 18.2 Å². The number of aromatic nitrogens is 2. The summed E-state index contributed by atoms with van der Waals surface area (Å²) in [5.74, 6) is 0.999. The van der Waals surface area contributed by atoms with Crippen LogP contribution in [-0.4, -0.2) is 26.8 Å².